The van der Waals surface area contributed by atoms with Crippen LogP contribution in [0.1, 0.15) is 53.9 Å². The Hall–Kier alpha value is -1.80. The predicted octanol–water partition coefficient (Wildman–Crippen LogP) is 3.03. The number of hydrogen-bond acceptors (Lipinski definition) is 6. The van der Waals surface area contributed by atoms with Crippen LogP contribution in [-0.2, 0) is 19.1 Å². The van der Waals surface area contributed by atoms with E-state index in [1.165, 1.54) is 11.0 Å². The number of ether oxygens (including phenoxy) is 1. The van der Waals surface area contributed by atoms with Gasteiger partial charge in [0.1, 0.15) is 12.6 Å². The highest BCUT2D eigenvalue weighted by atomic mass is 32.2. The molecule has 7 nitrogen and oxygen atoms in total. The van der Waals surface area contributed by atoms with Crippen molar-refractivity contribution in [3.63, 3.8) is 0 Å². The molecule has 2 unspecified atom stereocenters. The van der Waals surface area contributed by atoms with E-state index in [4.69, 9.17) is 4.74 Å². The van der Waals surface area contributed by atoms with Gasteiger partial charge in [-0.1, -0.05) is 39.5 Å². The van der Waals surface area contributed by atoms with E-state index in [-0.39, 0.29) is 42.2 Å². The molecular weight excluding hydrogens is 452 g/mol. The zero-order valence-corrected chi connectivity index (χ0v) is 22.0. The van der Waals surface area contributed by atoms with E-state index >= 15 is 0 Å². The van der Waals surface area contributed by atoms with Gasteiger partial charge in [-0.05, 0) is 38.5 Å². The number of esters is 1. The number of rotatable bonds is 10. The molecule has 8 heteroatoms. The number of nitrogens with zero attached hydrogens (tertiary/aromatic N) is 2. The van der Waals surface area contributed by atoms with Crippen molar-refractivity contribution in [1.29, 1.82) is 0 Å². The number of aliphatic hydroxyl groups is 1. The van der Waals surface area contributed by atoms with Crippen molar-refractivity contribution in [1.82, 2.24) is 9.80 Å². The normalized spacial score (nSPS) is 30.3. The Morgan fingerprint density at radius 2 is 1.94 bits per heavy atom. The number of thioether (sulfide) groups is 1. The second-order valence-electron chi connectivity index (χ2n) is 11.5. The Morgan fingerprint density at radius 3 is 2.50 bits per heavy atom. The Bertz CT molecular complexity index is 851. The summed E-state index contributed by atoms with van der Waals surface area (Å²) in [4.78, 5) is 44.4. The molecule has 5 atom stereocenters. The lowest BCUT2D eigenvalue weighted by Crippen LogP contribution is -2.60. The van der Waals surface area contributed by atoms with Gasteiger partial charge in [0.25, 0.3) is 0 Å². The van der Waals surface area contributed by atoms with Crippen LogP contribution >= 0.6 is 11.8 Å². The molecule has 34 heavy (non-hydrogen) atoms. The summed E-state index contributed by atoms with van der Waals surface area (Å²) in [5, 5.41) is 9.73. The number of carbonyl (C=O) groups excluding carboxylic acids is 3. The van der Waals surface area contributed by atoms with Crippen LogP contribution in [0, 0.1) is 17.3 Å². The Labute approximate surface area is 208 Å². The molecule has 3 saturated heterocycles. The maximum atomic E-state index is 14.3. The van der Waals surface area contributed by atoms with Gasteiger partial charge in [-0.2, -0.15) is 0 Å². The molecule has 0 radical (unpaired) electrons. The molecule has 190 valence electrons. The first-order valence-corrected chi connectivity index (χ1v) is 13.0. The fourth-order valence-electron chi connectivity index (χ4n) is 6.59. The Morgan fingerprint density at radius 1 is 1.26 bits per heavy atom. The lowest BCUT2D eigenvalue weighted by Gasteiger charge is -2.46. The molecule has 3 aliphatic rings. The third-order valence-corrected chi connectivity index (χ3v) is 9.21. The molecule has 1 spiro atoms. The number of fused-ring (bicyclic) bond motifs is 1. The molecule has 2 bridgehead atoms. The van der Waals surface area contributed by atoms with Gasteiger partial charge in [-0.15, -0.1) is 18.3 Å². The number of β-amino-alcohol motifs (C(OH)–C–C–N with tert-alkyl or cyclic N) is 1. The van der Waals surface area contributed by atoms with E-state index in [0.29, 0.717) is 13.0 Å². The van der Waals surface area contributed by atoms with Crippen LogP contribution in [0.5, 0.6) is 0 Å². The molecule has 3 aliphatic heterocycles. The summed E-state index contributed by atoms with van der Waals surface area (Å²) in [5.41, 5.74) is -0.489. The fraction of sp³-hybridized carbons (Fsp3) is 0.731. The van der Waals surface area contributed by atoms with E-state index in [9.17, 15) is 19.5 Å². The summed E-state index contributed by atoms with van der Waals surface area (Å²) in [6.45, 7) is 18.3. The summed E-state index contributed by atoms with van der Waals surface area (Å²) < 4.78 is 4.68. The quantitative estimate of drug-likeness (QED) is 0.373. The second-order valence-corrected chi connectivity index (χ2v) is 13.1. The van der Waals surface area contributed by atoms with Crippen molar-refractivity contribution in [3.8, 4) is 0 Å². The number of amides is 2. The van der Waals surface area contributed by atoms with Crippen LogP contribution in [0.15, 0.2) is 25.3 Å². The van der Waals surface area contributed by atoms with E-state index < -0.39 is 34.1 Å². The van der Waals surface area contributed by atoms with Gasteiger partial charge in [0, 0.05) is 23.9 Å². The molecule has 1 N–H and O–H groups in total. The molecule has 0 aromatic heterocycles. The van der Waals surface area contributed by atoms with Crippen LogP contribution in [0.3, 0.4) is 0 Å². The van der Waals surface area contributed by atoms with Gasteiger partial charge < -0.3 is 19.6 Å². The third-order valence-electron chi connectivity index (χ3n) is 7.26. The van der Waals surface area contributed by atoms with Crippen LogP contribution in [-0.4, -0.2) is 80.6 Å². The van der Waals surface area contributed by atoms with Crippen LogP contribution < -0.4 is 0 Å². The van der Waals surface area contributed by atoms with E-state index in [0.717, 1.165) is 12.8 Å². The molecular formula is C26H40N2O5S. The smallest absolute Gasteiger partial charge is 0.311 e. The molecule has 0 aromatic carbocycles. The highest BCUT2D eigenvalue weighted by molar-refractivity contribution is 8.02. The largest absolute Gasteiger partial charge is 0.461 e. The van der Waals surface area contributed by atoms with Gasteiger partial charge in [0.2, 0.25) is 11.8 Å². The van der Waals surface area contributed by atoms with Crippen molar-refractivity contribution in [3.05, 3.63) is 25.3 Å². The van der Waals surface area contributed by atoms with Crippen LogP contribution in [0.2, 0.25) is 0 Å². The minimum absolute atomic E-state index is 0.0130. The second kappa shape index (κ2) is 9.69. The summed E-state index contributed by atoms with van der Waals surface area (Å²) in [6.07, 6.45) is 5.44. The summed E-state index contributed by atoms with van der Waals surface area (Å²) in [5.74, 6) is -1.96. The fourth-order valence-corrected chi connectivity index (χ4v) is 8.79. The van der Waals surface area contributed by atoms with Crippen molar-refractivity contribution in [2.75, 3.05) is 26.3 Å². The molecule has 3 heterocycles. The first-order valence-electron chi connectivity index (χ1n) is 12.1. The highest BCUT2D eigenvalue weighted by Gasteiger charge is 2.74. The standard InChI is InChI=1S/C26H40N2O5S/c1-8-12-28(25(6,7)16-24(3,4)5)22(31)20-26-11-10-17(34-26)18(23(32)33-15-9-2)19(26)21(30)27(20)13-14-29/h8-9,17-20,29H,1-2,10-16H2,3-7H3/t17-,18+,19-,20?,26?/m0/s1. The monoisotopic (exact) mass is 492 g/mol. The van der Waals surface area contributed by atoms with Gasteiger partial charge in [0.05, 0.1) is 23.2 Å². The van der Waals surface area contributed by atoms with Crippen LogP contribution in [0.25, 0.3) is 0 Å². The number of carbonyl (C=O) groups is 3. The van der Waals surface area contributed by atoms with Gasteiger partial charge in [-0.3, -0.25) is 14.4 Å². The third kappa shape index (κ3) is 4.55. The number of hydrogen-bond donors (Lipinski definition) is 1. The maximum Gasteiger partial charge on any atom is 0.311 e. The molecule has 2 amide bonds. The van der Waals surface area contributed by atoms with E-state index in [1.54, 1.807) is 17.8 Å². The minimum Gasteiger partial charge on any atom is -0.461 e. The first-order chi connectivity index (χ1) is 15.8. The number of aliphatic hydroxyl groups excluding tert-OH is 1. The predicted molar refractivity (Wildman–Crippen MR) is 134 cm³/mol. The summed E-state index contributed by atoms with van der Waals surface area (Å²) in [6, 6.07) is -0.733. The zero-order valence-electron chi connectivity index (χ0n) is 21.2. The first kappa shape index (κ1) is 26.8. The van der Waals surface area contributed by atoms with Crippen molar-refractivity contribution < 1.29 is 24.2 Å². The Balaban J connectivity index is 2.03. The SMILES string of the molecule is C=CCOC(=O)[C@@H]1[C@@H]2CCC3(S2)C(C(=O)N(CC=C)C(C)(C)CC(C)(C)C)N(CCO)C(=O)[C@H]13. The average Bonchev–Trinajstić information content (AvgIpc) is 3.36. The molecule has 0 saturated carbocycles. The maximum absolute atomic E-state index is 14.3. The average molecular weight is 493 g/mol. The lowest BCUT2D eigenvalue weighted by atomic mass is 9.71. The van der Waals surface area contributed by atoms with Crippen molar-refractivity contribution >= 4 is 29.5 Å². The highest BCUT2D eigenvalue weighted by Crippen LogP contribution is 2.66. The van der Waals surface area contributed by atoms with Crippen LogP contribution in [0.4, 0.5) is 0 Å². The van der Waals surface area contributed by atoms with E-state index in [2.05, 4.69) is 47.8 Å². The minimum atomic E-state index is -0.733. The Kier molecular flexibility index (Phi) is 7.63. The van der Waals surface area contributed by atoms with Gasteiger partial charge in [-0.25, -0.2) is 0 Å². The van der Waals surface area contributed by atoms with E-state index in [1.807, 2.05) is 4.90 Å². The summed E-state index contributed by atoms with van der Waals surface area (Å²) in [7, 11) is 0. The molecule has 3 fully saturated rings. The molecule has 3 rings (SSSR count). The lowest BCUT2D eigenvalue weighted by molar-refractivity contribution is -0.153. The zero-order chi connectivity index (χ0) is 25.5. The van der Waals surface area contributed by atoms with Crippen molar-refractivity contribution in [2.45, 2.75) is 75.5 Å². The van der Waals surface area contributed by atoms with Gasteiger partial charge in [0.15, 0.2) is 0 Å². The molecule has 0 aromatic rings. The van der Waals surface area contributed by atoms with Crippen molar-refractivity contribution in [2.24, 2.45) is 17.3 Å². The number of likely N-dealkylation sites (tertiary alicyclic amines) is 1. The topological polar surface area (TPSA) is 87.2 Å². The summed E-state index contributed by atoms with van der Waals surface area (Å²) >= 11 is 1.60. The molecule has 0 aliphatic carbocycles. The van der Waals surface area contributed by atoms with Gasteiger partial charge >= 0.3 is 5.97 Å².